The molecule has 1 aromatic carbocycles. The molecule has 0 bridgehead atoms. The van der Waals surface area contributed by atoms with Gasteiger partial charge >= 0.3 is 6.03 Å². The number of benzene rings is 1. The van der Waals surface area contributed by atoms with Crippen LogP contribution in [0.1, 0.15) is 71.9 Å². The van der Waals surface area contributed by atoms with Crippen LogP contribution in [0.4, 0.5) is 4.79 Å². The number of amides is 6. The van der Waals surface area contributed by atoms with Gasteiger partial charge in [-0.05, 0) is 34.3 Å². The largest absolute Gasteiger partial charge is 0.363 e. The van der Waals surface area contributed by atoms with Gasteiger partial charge in [-0.15, -0.1) is 0 Å². The first-order valence-electron chi connectivity index (χ1n) is 16.5. The summed E-state index contributed by atoms with van der Waals surface area (Å²) in [5.74, 6) is -3.23. The first-order valence-corrected chi connectivity index (χ1v) is 16.5. The van der Waals surface area contributed by atoms with Crippen LogP contribution in [0, 0.1) is 28.6 Å². The Labute approximate surface area is 276 Å². The summed E-state index contributed by atoms with van der Waals surface area (Å²) in [6, 6.07) is 3.30. The van der Waals surface area contributed by atoms with Gasteiger partial charge in [-0.1, -0.05) is 90.8 Å². The zero-order valence-electron chi connectivity index (χ0n) is 28.2. The van der Waals surface area contributed by atoms with E-state index in [1.54, 1.807) is 4.90 Å². The van der Waals surface area contributed by atoms with Gasteiger partial charge in [-0.3, -0.25) is 24.0 Å². The van der Waals surface area contributed by atoms with Gasteiger partial charge in [-0.2, -0.15) is 0 Å². The Hall–Kier alpha value is -4.22. The third-order valence-corrected chi connectivity index (χ3v) is 9.81. The Morgan fingerprint density at radius 1 is 0.830 bits per heavy atom. The van der Waals surface area contributed by atoms with Gasteiger partial charge in [0.25, 0.3) is 5.91 Å². The van der Waals surface area contributed by atoms with Gasteiger partial charge in [-0.25, -0.2) is 4.79 Å². The molecule has 12 nitrogen and oxygen atoms in total. The molecular weight excluding hydrogens is 600 g/mol. The van der Waals surface area contributed by atoms with Crippen LogP contribution in [-0.4, -0.2) is 76.0 Å². The van der Waals surface area contributed by atoms with Crippen molar-refractivity contribution in [3.8, 4) is 0 Å². The number of likely N-dealkylation sites (tertiary alicyclic amines) is 1. The Bertz CT molecular complexity index is 1460. The molecule has 0 radical (unpaired) electrons. The smallest absolute Gasteiger partial charge is 0.316 e. The highest BCUT2D eigenvalue weighted by molar-refractivity contribution is 6.37. The van der Waals surface area contributed by atoms with E-state index in [2.05, 4.69) is 16.0 Å². The molecular formula is C35H48N6O6. The van der Waals surface area contributed by atoms with Crippen LogP contribution in [0.5, 0.6) is 0 Å². The third-order valence-electron chi connectivity index (χ3n) is 9.81. The topological polar surface area (TPSA) is 171 Å². The summed E-state index contributed by atoms with van der Waals surface area (Å²) in [5.41, 5.74) is 6.03. The second-order valence-corrected chi connectivity index (χ2v) is 15.7. The minimum Gasteiger partial charge on any atom is -0.363 e. The molecule has 2 aliphatic heterocycles. The second kappa shape index (κ2) is 12.8. The number of nitrogens with zero attached hydrogens (tertiary/aromatic N) is 2. The standard InChI is InChI=1S/C35H48N6O6/c1-34(2,3)27(31(45)40-16-20-9-7-8-10-21(20)17-40)38-33(47)39-28(35(4,5)6)32(46)41-18-22-13-14-23(22)25(41)30(44)37-24(15-19-11-12-19)26(42)29(36)43/h7-10,13-14,19,22-25,27-28H,11-12,15-18H2,1-6H3,(H2,36,43)(H,37,44)(H2,38,39,47)/t22-,23-,24?,25-,27+,28+/m0/s1. The number of rotatable bonds is 10. The third kappa shape index (κ3) is 7.36. The molecule has 0 spiro atoms. The molecule has 1 saturated carbocycles. The number of hydrogen-bond acceptors (Lipinski definition) is 6. The van der Waals surface area contributed by atoms with Crippen molar-refractivity contribution in [1.82, 2.24) is 25.8 Å². The highest BCUT2D eigenvalue weighted by Gasteiger charge is 2.52. The molecule has 4 aliphatic rings. The molecule has 5 rings (SSSR count). The summed E-state index contributed by atoms with van der Waals surface area (Å²) < 4.78 is 0. The van der Waals surface area contributed by atoms with Crippen LogP contribution in [0.2, 0.25) is 0 Å². The number of fused-ring (bicyclic) bond motifs is 2. The van der Waals surface area contributed by atoms with E-state index in [0.717, 1.165) is 24.0 Å². The molecule has 5 N–H and O–H groups in total. The quantitative estimate of drug-likeness (QED) is 0.223. The predicted molar refractivity (Wildman–Crippen MR) is 174 cm³/mol. The molecule has 2 aliphatic carbocycles. The fourth-order valence-corrected chi connectivity index (χ4v) is 6.80. The first-order chi connectivity index (χ1) is 22.0. The molecule has 1 unspecified atom stereocenters. The molecule has 12 heteroatoms. The van der Waals surface area contributed by atoms with Crippen LogP contribution in [0.3, 0.4) is 0 Å². The van der Waals surface area contributed by atoms with Gasteiger partial charge < -0.3 is 31.5 Å². The number of carbonyl (C=O) groups excluding carboxylic acids is 6. The number of ketones is 1. The summed E-state index contributed by atoms with van der Waals surface area (Å²) in [5, 5.41) is 8.43. The Balaban J connectivity index is 1.31. The van der Waals surface area contributed by atoms with E-state index < -0.39 is 64.5 Å². The SMILES string of the molecule is CC(C)(C)[C@H](NC(=O)N[C@H](C(=O)N1C[C@@H]2C=C[C@@H]2[C@H]1C(=O)NC(CC1CC1)C(=O)C(N)=O)C(C)(C)C)C(=O)N1Cc2ccccc2C1. The van der Waals surface area contributed by atoms with Crippen LogP contribution in [0.15, 0.2) is 36.4 Å². The minimum atomic E-state index is -1.11. The zero-order valence-corrected chi connectivity index (χ0v) is 28.2. The fourth-order valence-electron chi connectivity index (χ4n) is 6.80. The zero-order chi connectivity index (χ0) is 34.4. The van der Waals surface area contributed by atoms with Crippen molar-refractivity contribution in [2.75, 3.05) is 6.54 Å². The average molecular weight is 649 g/mol. The van der Waals surface area contributed by atoms with Gasteiger partial charge in [0.05, 0.1) is 6.04 Å². The summed E-state index contributed by atoms with van der Waals surface area (Å²) in [6.07, 6.45) is 5.96. The van der Waals surface area contributed by atoms with Gasteiger partial charge in [0, 0.05) is 31.5 Å². The number of nitrogens with two attached hydrogens (primary N) is 1. The van der Waals surface area contributed by atoms with Crippen LogP contribution in [-0.2, 0) is 37.1 Å². The number of nitrogens with one attached hydrogen (secondary N) is 3. The van der Waals surface area contributed by atoms with E-state index in [-0.39, 0.29) is 30.2 Å². The molecule has 0 aromatic heterocycles. The van der Waals surface area contributed by atoms with Crippen molar-refractivity contribution in [1.29, 1.82) is 0 Å². The minimum absolute atomic E-state index is 0.0506. The van der Waals surface area contributed by atoms with Crippen molar-refractivity contribution in [3.05, 3.63) is 47.5 Å². The van der Waals surface area contributed by atoms with E-state index in [4.69, 9.17) is 5.73 Å². The van der Waals surface area contributed by atoms with Crippen LogP contribution in [0.25, 0.3) is 0 Å². The van der Waals surface area contributed by atoms with E-state index in [1.165, 1.54) is 4.90 Å². The van der Waals surface area contributed by atoms with E-state index in [1.807, 2.05) is 78.0 Å². The van der Waals surface area contributed by atoms with E-state index >= 15 is 0 Å². The highest BCUT2D eigenvalue weighted by atomic mass is 16.2. The normalized spacial score (nSPS) is 23.5. The highest BCUT2D eigenvalue weighted by Crippen LogP contribution is 2.40. The summed E-state index contributed by atoms with van der Waals surface area (Å²) >= 11 is 0. The molecule has 1 saturated heterocycles. The Morgan fingerprint density at radius 2 is 1.38 bits per heavy atom. The number of primary amides is 1. The predicted octanol–water partition coefficient (Wildman–Crippen LogP) is 2.01. The number of Topliss-reactive ketones (excluding diaryl/α,β-unsaturated/α-hetero) is 1. The van der Waals surface area contributed by atoms with Gasteiger partial charge in [0.2, 0.25) is 23.5 Å². The Morgan fingerprint density at radius 3 is 1.85 bits per heavy atom. The summed E-state index contributed by atoms with van der Waals surface area (Å²) in [7, 11) is 0. The van der Waals surface area contributed by atoms with Gasteiger partial charge in [0.15, 0.2) is 0 Å². The monoisotopic (exact) mass is 648 g/mol. The van der Waals surface area contributed by atoms with Crippen molar-refractivity contribution in [3.63, 3.8) is 0 Å². The van der Waals surface area contributed by atoms with E-state index in [0.29, 0.717) is 19.5 Å². The maximum absolute atomic E-state index is 14.3. The first kappa shape index (κ1) is 34.1. The number of hydrogen-bond donors (Lipinski definition) is 4. The van der Waals surface area contributed by atoms with Gasteiger partial charge in [0.1, 0.15) is 18.1 Å². The van der Waals surface area contributed by atoms with Crippen LogP contribution < -0.4 is 21.7 Å². The molecule has 47 heavy (non-hydrogen) atoms. The molecule has 2 heterocycles. The van der Waals surface area contributed by atoms with Crippen molar-refractivity contribution in [2.24, 2.45) is 34.3 Å². The van der Waals surface area contributed by atoms with Crippen molar-refractivity contribution in [2.45, 2.75) is 98.1 Å². The average Bonchev–Trinajstić information content (AvgIpc) is 3.61. The second-order valence-electron chi connectivity index (χ2n) is 15.7. The number of carbonyl (C=O) groups is 6. The maximum Gasteiger partial charge on any atom is 0.316 e. The molecule has 1 aromatic rings. The maximum atomic E-state index is 14.3. The van der Waals surface area contributed by atoms with Crippen molar-refractivity contribution >= 4 is 35.4 Å². The Kier molecular flexibility index (Phi) is 9.27. The summed E-state index contributed by atoms with van der Waals surface area (Å²) in [4.78, 5) is 82.9. The van der Waals surface area contributed by atoms with E-state index in [9.17, 15) is 28.8 Å². The fraction of sp³-hybridized carbons (Fsp3) is 0.600. The molecule has 254 valence electrons. The lowest BCUT2D eigenvalue weighted by molar-refractivity contribution is -0.144. The molecule has 2 fully saturated rings. The lowest BCUT2D eigenvalue weighted by Crippen LogP contribution is -2.62. The molecule has 6 atom stereocenters. The lowest BCUT2D eigenvalue weighted by Gasteiger charge is -2.37. The molecule has 6 amide bonds. The van der Waals surface area contributed by atoms with Crippen LogP contribution >= 0.6 is 0 Å². The van der Waals surface area contributed by atoms with Crippen molar-refractivity contribution < 1.29 is 28.8 Å². The summed E-state index contributed by atoms with van der Waals surface area (Å²) in [6.45, 7) is 12.3. The lowest BCUT2D eigenvalue weighted by atomic mass is 9.80. The number of urea groups is 1.